The van der Waals surface area contributed by atoms with Crippen LogP contribution in [0.15, 0.2) is 18.5 Å². The molecule has 0 N–H and O–H groups in total. The van der Waals surface area contributed by atoms with Gasteiger partial charge in [0.05, 0.1) is 12.3 Å². The molecule has 0 aliphatic heterocycles. The third-order valence-corrected chi connectivity index (χ3v) is 2.16. The zero-order chi connectivity index (χ0) is 12.7. The second kappa shape index (κ2) is 7.01. The van der Waals surface area contributed by atoms with Gasteiger partial charge < -0.3 is 9.47 Å². The van der Waals surface area contributed by atoms with Crippen molar-refractivity contribution in [3.63, 3.8) is 0 Å². The number of ether oxygens (including phenoxy) is 2. The van der Waals surface area contributed by atoms with Crippen LogP contribution in [0.3, 0.4) is 0 Å². The molecule has 0 aliphatic rings. The van der Waals surface area contributed by atoms with E-state index < -0.39 is 0 Å². The minimum absolute atomic E-state index is 0.0729. The Bertz CT molecular complexity index is 363. The number of aromatic nitrogens is 1. The van der Waals surface area contributed by atoms with Gasteiger partial charge in [0.2, 0.25) is 0 Å². The largest absolute Gasteiger partial charge is 0.489 e. The van der Waals surface area contributed by atoms with Crippen LogP contribution in [0.25, 0.3) is 0 Å². The van der Waals surface area contributed by atoms with Gasteiger partial charge in [-0.05, 0) is 26.3 Å². The molecule has 0 spiro atoms. The van der Waals surface area contributed by atoms with Crippen LogP contribution in [-0.2, 0) is 4.74 Å². The van der Waals surface area contributed by atoms with Gasteiger partial charge in [0.1, 0.15) is 5.75 Å². The van der Waals surface area contributed by atoms with E-state index in [2.05, 4.69) is 4.98 Å². The van der Waals surface area contributed by atoms with Crippen molar-refractivity contribution in [1.29, 1.82) is 0 Å². The van der Waals surface area contributed by atoms with E-state index in [1.54, 1.807) is 25.6 Å². The Balaban J connectivity index is 2.60. The third-order valence-electron chi connectivity index (χ3n) is 2.16. The highest BCUT2D eigenvalue weighted by Crippen LogP contribution is 2.14. The monoisotopic (exact) mass is 237 g/mol. The quantitative estimate of drug-likeness (QED) is 0.540. The molecule has 1 heterocycles. The van der Waals surface area contributed by atoms with Crippen molar-refractivity contribution in [2.45, 2.75) is 32.8 Å². The molecule has 94 valence electrons. The normalized spacial score (nSPS) is 10.6. The van der Waals surface area contributed by atoms with Crippen molar-refractivity contribution in [1.82, 2.24) is 4.98 Å². The SMILES string of the molecule is COCCCC(=O)c1cncc(OC(C)C)c1. The minimum Gasteiger partial charge on any atom is -0.489 e. The summed E-state index contributed by atoms with van der Waals surface area (Å²) < 4.78 is 10.4. The molecule has 0 aromatic carbocycles. The predicted octanol–water partition coefficient (Wildman–Crippen LogP) is 2.48. The second-order valence-electron chi connectivity index (χ2n) is 4.10. The van der Waals surface area contributed by atoms with Crippen molar-refractivity contribution in [3.05, 3.63) is 24.0 Å². The average Bonchev–Trinajstić information content (AvgIpc) is 2.28. The molecule has 0 fully saturated rings. The molecule has 0 bridgehead atoms. The lowest BCUT2D eigenvalue weighted by molar-refractivity contribution is 0.0962. The van der Waals surface area contributed by atoms with E-state index in [1.165, 1.54) is 0 Å². The van der Waals surface area contributed by atoms with E-state index in [-0.39, 0.29) is 11.9 Å². The summed E-state index contributed by atoms with van der Waals surface area (Å²) in [5.41, 5.74) is 0.597. The number of hydrogen-bond acceptors (Lipinski definition) is 4. The molecule has 0 saturated carbocycles. The molecule has 0 unspecified atom stereocenters. The number of pyridine rings is 1. The molecule has 4 heteroatoms. The third kappa shape index (κ3) is 4.95. The molecule has 17 heavy (non-hydrogen) atoms. The number of carbonyl (C=O) groups excluding carboxylic acids is 1. The van der Waals surface area contributed by atoms with Gasteiger partial charge in [-0.3, -0.25) is 9.78 Å². The van der Waals surface area contributed by atoms with Crippen molar-refractivity contribution in [2.75, 3.05) is 13.7 Å². The van der Waals surface area contributed by atoms with Gasteiger partial charge in [0, 0.05) is 31.9 Å². The highest BCUT2D eigenvalue weighted by molar-refractivity contribution is 5.96. The van der Waals surface area contributed by atoms with Gasteiger partial charge >= 0.3 is 0 Å². The summed E-state index contributed by atoms with van der Waals surface area (Å²) in [6.45, 7) is 4.47. The summed E-state index contributed by atoms with van der Waals surface area (Å²) in [6.07, 6.45) is 4.47. The fourth-order valence-electron chi connectivity index (χ4n) is 1.43. The summed E-state index contributed by atoms with van der Waals surface area (Å²) in [4.78, 5) is 15.8. The molecule has 1 aromatic heterocycles. The van der Waals surface area contributed by atoms with Gasteiger partial charge in [-0.15, -0.1) is 0 Å². The van der Waals surface area contributed by atoms with E-state index in [0.717, 1.165) is 6.42 Å². The minimum atomic E-state index is 0.0729. The Morgan fingerprint density at radius 1 is 1.41 bits per heavy atom. The number of rotatable bonds is 7. The van der Waals surface area contributed by atoms with Gasteiger partial charge in [-0.25, -0.2) is 0 Å². The average molecular weight is 237 g/mol. The number of nitrogens with zero attached hydrogens (tertiary/aromatic N) is 1. The fraction of sp³-hybridized carbons (Fsp3) is 0.538. The lowest BCUT2D eigenvalue weighted by Gasteiger charge is -2.09. The van der Waals surface area contributed by atoms with Gasteiger partial charge in [0.15, 0.2) is 5.78 Å². The first-order valence-electron chi connectivity index (χ1n) is 5.77. The number of hydrogen-bond donors (Lipinski definition) is 0. The fourth-order valence-corrected chi connectivity index (χ4v) is 1.43. The Kier molecular flexibility index (Phi) is 5.63. The van der Waals surface area contributed by atoms with Crippen LogP contribution in [0.2, 0.25) is 0 Å². The topological polar surface area (TPSA) is 48.4 Å². The Morgan fingerprint density at radius 2 is 2.18 bits per heavy atom. The summed E-state index contributed by atoms with van der Waals surface area (Å²) in [6, 6.07) is 1.74. The first kappa shape index (κ1) is 13.6. The molecule has 0 amide bonds. The van der Waals surface area contributed by atoms with E-state index in [9.17, 15) is 4.79 Å². The Labute approximate surface area is 102 Å². The molecule has 4 nitrogen and oxygen atoms in total. The maximum Gasteiger partial charge on any atom is 0.164 e. The van der Waals surface area contributed by atoms with Gasteiger partial charge in [-0.1, -0.05) is 0 Å². The summed E-state index contributed by atoms with van der Waals surface area (Å²) in [5, 5.41) is 0. The first-order valence-corrected chi connectivity index (χ1v) is 5.77. The van der Waals surface area contributed by atoms with E-state index in [0.29, 0.717) is 24.3 Å². The van der Waals surface area contributed by atoms with Crippen molar-refractivity contribution in [3.8, 4) is 5.75 Å². The Morgan fingerprint density at radius 3 is 2.82 bits per heavy atom. The van der Waals surface area contributed by atoms with E-state index in [4.69, 9.17) is 9.47 Å². The zero-order valence-electron chi connectivity index (χ0n) is 10.6. The number of methoxy groups -OCH3 is 1. The van der Waals surface area contributed by atoms with Crippen LogP contribution in [0.5, 0.6) is 5.75 Å². The second-order valence-corrected chi connectivity index (χ2v) is 4.10. The molecule has 0 atom stereocenters. The van der Waals surface area contributed by atoms with Crippen LogP contribution in [-0.4, -0.2) is 30.6 Å². The van der Waals surface area contributed by atoms with Crippen molar-refractivity contribution < 1.29 is 14.3 Å². The lowest BCUT2D eigenvalue weighted by Crippen LogP contribution is -2.07. The van der Waals surface area contributed by atoms with Crippen LogP contribution < -0.4 is 4.74 Å². The molecule has 1 aromatic rings. The molecular weight excluding hydrogens is 218 g/mol. The zero-order valence-corrected chi connectivity index (χ0v) is 10.6. The maximum absolute atomic E-state index is 11.8. The lowest BCUT2D eigenvalue weighted by atomic mass is 10.1. The van der Waals surface area contributed by atoms with Gasteiger partial charge in [0.25, 0.3) is 0 Å². The van der Waals surface area contributed by atoms with Crippen LogP contribution >= 0.6 is 0 Å². The smallest absolute Gasteiger partial charge is 0.164 e. The summed E-state index contributed by atoms with van der Waals surface area (Å²) in [7, 11) is 1.63. The van der Waals surface area contributed by atoms with Crippen molar-refractivity contribution >= 4 is 5.78 Å². The van der Waals surface area contributed by atoms with Crippen molar-refractivity contribution in [2.24, 2.45) is 0 Å². The Hall–Kier alpha value is -1.42. The molecule has 0 aliphatic carbocycles. The molecule has 0 saturated heterocycles. The standard InChI is InChI=1S/C13H19NO3/c1-10(2)17-12-7-11(8-14-9-12)13(15)5-4-6-16-3/h7-10H,4-6H2,1-3H3. The highest BCUT2D eigenvalue weighted by Gasteiger charge is 2.08. The number of carbonyl (C=O) groups is 1. The van der Waals surface area contributed by atoms with E-state index in [1.807, 2.05) is 13.8 Å². The van der Waals surface area contributed by atoms with Gasteiger partial charge in [-0.2, -0.15) is 0 Å². The van der Waals surface area contributed by atoms with Crippen LogP contribution in [0.4, 0.5) is 0 Å². The highest BCUT2D eigenvalue weighted by atomic mass is 16.5. The number of Topliss-reactive ketones (excluding diaryl/α,β-unsaturated/α-hetero) is 1. The molecule has 1 rings (SSSR count). The first-order chi connectivity index (χ1) is 8.13. The van der Waals surface area contributed by atoms with E-state index >= 15 is 0 Å². The summed E-state index contributed by atoms with van der Waals surface area (Å²) in [5.74, 6) is 0.710. The maximum atomic E-state index is 11.8. The molecule has 0 radical (unpaired) electrons. The molecular formula is C13H19NO3. The predicted molar refractivity (Wildman–Crippen MR) is 65.4 cm³/mol. The van der Waals surface area contributed by atoms with Crippen LogP contribution in [0.1, 0.15) is 37.0 Å². The van der Waals surface area contributed by atoms with Crippen LogP contribution in [0, 0.1) is 0 Å². The number of ketones is 1. The summed E-state index contributed by atoms with van der Waals surface area (Å²) >= 11 is 0.